The van der Waals surface area contributed by atoms with E-state index in [0.717, 1.165) is 39.0 Å². The van der Waals surface area contributed by atoms with E-state index < -0.39 is 0 Å². The molecule has 1 aromatic carbocycles. The highest BCUT2D eigenvalue weighted by Gasteiger charge is 2.19. The van der Waals surface area contributed by atoms with Gasteiger partial charge in [-0.05, 0) is 23.3 Å². The van der Waals surface area contributed by atoms with Crippen LogP contribution in [0.3, 0.4) is 0 Å². The van der Waals surface area contributed by atoms with E-state index in [0.29, 0.717) is 0 Å². The van der Waals surface area contributed by atoms with E-state index in [9.17, 15) is 0 Å². The normalized spacial score (nSPS) is 14.3. The third-order valence-corrected chi connectivity index (χ3v) is 6.41. The predicted octanol–water partition coefficient (Wildman–Crippen LogP) is 4.56. The molecule has 2 aromatic heterocycles. The molecule has 4 rings (SSSR count). The fraction of sp³-hybridized carbons (Fsp3) is 0.357. The minimum Gasteiger partial charge on any atom is -0.378 e. The summed E-state index contributed by atoms with van der Waals surface area (Å²) >= 11 is 0. The molecule has 0 saturated heterocycles. The second-order valence-corrected chi connectivity index (χ2v) is 9.13. The fourth-order valence-electron chi connectivity index (χ4n) is 4.54. The van der Waals surface area contributed by atoms with Crippen molar-refractivity contribution in [3.8, 4) is 0 Å². The van der Waals surface area contributed by atoms with E-state index in [4.69, 9.17) is 0 Å². The number of benzene rings is 1. The lowest BCUT2D eigenvalue weighted by molar-refractivity contribution is -0.708. The highest BCUT2D eigenvalue weighted by atomic mass is 15.2. The van der Waals surface area contributed by atoms with E-state index in [2.05, 4.69) is 113 Å². The number of imidazole rings is 1. The van der Waals surface area contributed by atoms with Crippen molar-refractivity contribution in [3.63, 3.8) is 0 Å². The Morgan fingerprint density at radius 1 is 1.03 bits per heavy atom. The number of allylic oxidation sites excluding steroid dienone is 2. The Hall–Kier alpha value is -3.18. The fourth-order valence-corrected chi connectivity index (χ4v) is 4.54. The average Bonchev–Trinajstić information content (AvgIpc) is 3.27. The SMILES string of the molecule is Cc1cc(/C=C/C=C/c2ccc(N(C)C)cc2)cc(C)[n+]1CCCN1CCc2nc[nH]c2C1. The summed E-state index contributed by atoms with van der Waals surface area (Å²) in [5, 5.41) is 0. The number of hydrogen-bond donors (Lipinski definition) is 1. The molecule has 0 unspecified atom stereocenters. The summed E-state index contributed by atoms with van der Waals surface area (Å²) in [6.45, 7) is 8.70. The molecular formula is C28H36N5+. The van der Waals surface area contributed by atoms with Crippen LogP contribution >= 0.6 is 0 Å². The number of nitrogens with zero attached hydrogens (tertiary/aromatic N) is 4. The second-order valence-electron chi connectivity index (χ2n) is 9.13. The first-order valence-corrected chi connectivity index (χ1v) is 11.9. The van der Waals surface area contributed by atoms with Gasteiger partial charge in [-0.25, -0.2) is 9.55 Å². The zero-order chi connectivity index (χ0) is 23.2. The first-order chi connectivity index (χ1) is 16.0. The molecule has 3 aromatic rings. The molecule has 33 heavy (non-hydrogen) atoms. The van der Waals surface area contributed by atoms with Gasteiger partial charge >= 0.3 is 0 Å². The van der Waals surface area contributed by atoms with Crippen LogP contribution in [0.15, 0.2) is 54.9 Å². The maximum atomic E-state index is 4.40. The number of aryl methyl sites for hydroxylation is 2. The van der Waals surface area contributed by atoms with Gasteiger partial charge in [0.2, 0.25) is 0 Å². The lowest BCUT2D eigenvalue weighted by Crippen LogP contribution is -2.42. The van der Waals surface area contributed by atoms with E-state index in [1.165, 1.54) is 39.6 Å². The van der Waals surface area contributed by atoms with E-state index in [-0.39, 0.29) is 0 Å². The molecule has 1 aliphatic rings. The minimum atomic E-state index is 0.995. The number of hydrogen-bond acceptors (Lipinski definition) is 3. The standard InChI is InChI=1S/C28H36N5/c1-22-18-25(9-6-5-8-24-10-12-26(13-11-24)31(3)4)19-23(2)33(22)16-7-15-32-17-14-27-28(20-32)30-21-29-27/h5-6,8-13,18-19,21H,7,14-17,20H2,1-4H3,(H,29,30)/q+1. The van der Waals surface area contributed by atoms with Gasteiger partial charge in [-0.1, -0.05) is 36.4 Å². The summed E-state index contributed by atoms with van der Waals surface area (Å²) in [5.41, 5.74) is 8.83. The molecule has 172 valence electrons. The molecule has 0 atom stereocenters. The number of aromatic amines is 1. The van der Waals surface area contributed by atoms with Crippen molar-refractivity contribution in [3.05, 3.63) is 88.8 Å². The Bertz CT molecular complexity index is 1100. The molecule has 3 heterocycles. The minimum absolute atomic E-state index is 0.995. The van der Waals surface area contributed by atoms with Crippen LogP contribution in [0.5, 0.6) is 0 Å². The van der Waals surface area contributed by atoms with Crippen LogP contribution in [-0.4, -0.2) is 42.1 Å². The molecule has 0 amide bonds. The Morgan fingerprint density at radius 3 is 2.42 bits per heavy atom. The van der Waals surface area contributed by atoms with Crippen molar-refractivity contribution in [1.82, 2.24) is 14.9 Å². The van der Waals surface area contributed by atoms with Crippen LogP contribution in [0.1, 0.15) is 40.3 Å². The van der Waals surface area contributed by atoms with Crippen molar-refractivity contribution in [2.75, 3.05) is 32.1 Å². The van der Waals surface area contributed by atoms with E-state index >= 15 is 0 Å². The van der Waals surface area contributed by atoms with Gasteiger partial charge in [-0.15, -0.1) is 0 Å². The molecule has 0 spiro atoms. The predicted molar refractivity (Wildman–Crippen MR) is 137 cm³/mol. The smallest absolute Gasteiger partial charge is 0.179 e. The first-order valence-electron chi connectivity index (χ1n) is 11.9. The molecule has 5 heteroatoms. The van der Waals surface area contributed by atoms with Gasteiger partial charge in [-0.3, -0.25) is 4.90 Å². The Labute approximate surface area is 198 Å². The monoisotopic (exact) mass is 442 g/mol. The lowest BCUT2D eigenvalue weighted by Gasteiger charge is -2.25. The highest BCUT2D eigenvalue weighted by molar-refractivity contribution is 5.59. The number of fused-ring (bicyclic) bond motifs is 1. The molecule has 1 N–H and O–H groups in total. The van der Waals surface area contributed by atoms with Crippen molar-refractivity contribution < 1.29 is 4.57 Å². The Morgan fingerprint density at radius 2 is 1.73 bits per heavy atom. The van der Waals surface area contributed by atoms with Gasteiger partial charge in [-0.2, -0.15) is 0 Å². The van der Waals surface area contributed by atoms with Gasteiger partial charge in [0.1, 0.15) is 6.54 Å². The van der Waals surface area contributed by atoms with Gasteiger partial charge in [0.05, 0.1) is 17.7 Å². The van der Waals surface area contributed by atoms with Gasteiger partial charge in [0, 0.05) is 78.2 Å². The van der Waals surface area contributed by atoms with Crippen LogP contribution in [-0.2, 0) is 19.5 Å². The summed E-state index contributed by atoms with van der Waals surface area (Å²) in [4.78, 5) is 12.3. The Balaban J connectivity index is 1.30. The summed E-state index contributed by atoms with van der Waals surface area (Å²) in [7, 11) is 4.12. The van der Waals surface area contributed by atoms with Crippen molar-refractivity contribution in [2.45, 2.75) is 39.8 Å². The molecule has 1 aliphatic heterocycles. The first kappa shape index (κ1) is 23.0. The number of aromatic nitrogens is 3. The van der Waals surface area contributed by atoms with Crippen LogP contribution in [0.4, 0.5) is 5.69 Å². The zero-order valence-corrected chi connectivity index (χ0v) is 20.4. The van der Waals surface area contributed by atoms with Crippen LogP contribution in [0.25, 0.3) is 12.2 Å². The molecule has 0 radical (unpaired) electrons. The molecule has 0 fully saturated rings. The number of nitrogens with one attached hydrogen (secondary N) is 1. The summed E-state index contributed by atoms with van der Waals surface area (Å²) in [5.74, 6) is 0. The molecule has 0 bridgehead atoms. The number of rotatable bonds is 8. The molecular weight excluding hydrogens is 406 g/mol. The number of anilines is 1. The summed E-state index contributed by atoms with van der Waals surface area (Å²) in [6.07, 6.45) is 12.6. The lowest BCUT2D eigenvalue weighted by atomic mass is 10.1. The molecule has 0 aliphatic carbocycles. The highest BCUT2D eigenvalue weighted by Crippen LogP contribution is 2.15. The van der Waals surface area contributed by atoms with Crippen molar-refractivity contribution >= 4 is 17.8 Å². The topological polar surface area (TPSA) is 39.0 Å². The zero-order valence-electron chi connectivity index (χ0n) is 20.4. The summed E-state index contributed by atoms with van der Waals surface area (Å²) < 4.78 is 2.44. The van der Waals surface area contributed by atoms with Crippen LogP contribution in [0.2, 0.25) is 0 Å². The maximum Gasteiger partial charge on any atom is 0.179 e. The van der Waals surface area contributed by atoms with E-state index in [1.807, 2.05) is 6.33 Å². The Kier molecular flexibility index (Phi) is 7.40. The van der Waals surface area contributed by atoms with Crippen molar-refractivity contribution in [1.29, 1.82) is 0 Å². The van der Waals surface area contributed by atoms with Crippen molar-refractivity contribution in [2.24, 2.45) is 0 Å². The quantitative estimate of drug-likeness (QED) is 0.411. The van der Waals surface area contributed by atoms with Gasteiger partial charge in [0.15, 0.2) is 11.4 Å². The molecule has 5 nitrogen and oxygen atoms in total. The third-order valence-electron chi connectivity index (χ3n) is 6.41. The summed E-state index contributed by atoms with van der Waals surface area (Å²) in [6, 6.07) is 13.1. The van der Waals surface area contributed by atoms with Gasteiger partial charge in [0.25, 0.3) is 0 Å². The van der Waals surface area contributed by atoms with Crippen LogP contribution < -0.4 is 9.47 Å². The number of pyridine rings is 1. The van der Waals surface area contributed by atoms with Crippen LogP contribution in [0, 0.1) is 13.8 Å². The maximum absolute atomic E-state index is 4.40. The molecule has 0 saturated carbocycles. The third kappa shape index (κ3) is 5.99. The van der Waals surface area contributed by atoms with E-state index in [1.54, 1.807) is 0 Å². The second kappa shape index (κ2) is 10.6. The average molecular weight is 443 g/mol. The number of H-pyrrole nitrogens is 1. The van der Waals surface area contributed by atoms with Gasteiger partial charge < -0.3 is 9.88 Å². The largest absolute Gasteiger partial charge is 0.378 e.